The largest absolute Gasteiger partial charge is 0.416 e. The average Bonchev–Trinajstić information content (AvgIpc) is 2.83. The maximum atomic E-state index is 13.4. The first-order valence-electron chi connectivity index (χ1n) is 12.5. The number of carbonyl (C=O) groups is 1. The number of anilines is 2. The van der Waals surface area contributed by atoms with E-state index in [1.807, 2.05) is 32.0 Å². The van der Waals surface area contributed by atoms with Crippen LogP contribution < -0.4 is 15.5 Å². The van der Waals surface area contributed by atoms with Crippen LogP contribution in [-0.2, 0) is 17.9 Å². The van der Waals surface area contributed by atoms with Gasteiger partial charge in [0, 0.05) is 45.0 Å². The van der Waals surface area contributed by atoms with Gasteiger partial charge in [-0.05, 0) is 70.2 Å². The zero-order chi connectivity index (χ0) is 29.3. The molecule has 1 aromatic heterocycles. The van der Waals surface area contributed by atoms with E-state index in [0.717, 1.165) is 29.3 Å². The number of hydrogen-bond acceptors (Lipinski definition) is 5. The van der Waals surface area contributed by atoms with E-state index in [0.29, 0.717) is 30.9 Å². The van der Waals surface area contributed by atoms with Gasteiger partial charge in [0.15, 0.2) is 0 Å². The lowest BCUT2D eigenvalue weighted by Gasteiger charge is -2.38. The van der Waals surface area contributed by atoms with E-state index in [1.165, 1.54) is 20.9 Å². The summed E-state index contributed by atoms with van der Waals surface area (Å²) in [4.78, 5) is 25.0. The predicted molar refractivity (Wildman–Crippen MR) is 137 cm³/mol. The number of alkyl halides is 6. The van der Waals surface area contributed by atoms with Crippen LogP contribution in [0.25, 0.3) is 0 Å². The van der Waals surface area contributed by atoms with Gasteiger partial charge in [0.2, 0.25) is 5.95 Å². The normalized spacial score (nSPS) is 18.5. The summed E-state index contributed by atoms with van der Waals surface area (Å²) >= 11 is 0. The van der Waals surface area contributed by atoms with Gasteiger partial charge >= 0.3 is 18.4 Å². The molecule has 2 N–H and O–H groups in total. The van der Waals surface area contributed by atoms with Gasteiger partial charge in [-0.2, -0.15) is 31.3 Å². The molecule has 2 aromatic rings. The van der Waals surface area contributed by atoms with Crippen LogP contribution in [0.15, 0.2) is 24.3 Å². The summed E-state index contributed by atoms with van der Waals surface area (Å²) in [5, 5.41) is 6.22. The minimum atomic E-state index is -4.98. The van der Waals surface area contributed by atoms with Crippen LogP contribution in [0.4, 0.5) is 42.9 Å². The first-order chi connectivity index (χ1) is 17.9. The molecule has 0 spiro atoms. The number of aryl methyl sites for hydroxylation is 1. The molecule has 13 heteroatoms. The molecule has 0 aliphatic heterocycles. The standard InChI is InChI=1S/C26H34F6N6O/c1-15-11-21(37(4)5)36-22(33-15)34-19-7-9-20(10-8-19)35-23(39)38(6)24(2,3)16-12-17(25(27,28)29)14-18(13-16)26(30,31)32/h11-14,19-20H,7-10H2,1-6H3,(H,35,39)(H,33,34,36). The van der Waals surface area contributed by atoms with Crippen molar-refractivity contribution < 1.29 is 31.1 Å². The van der Waals surface area contributed by atoms with Crippen molar-refractivity contribution in [2.75, 3.05) is 31.4 Å². The third kappa shape index (κ3) is 7.45. The van der Waals surface area contributed by atoms with Crippen molar-refractivity contribution in [3.8, 4) is 0 Å². The Kier molecular flexibility index (Phi) is 8.61. The number of nitrogens with zero attached hydrogens (tertiary/aromatic N) is 4. The maximum absolute atomic E-state index is 13.4. The van der Waals surface area contributed by atoms with Crippen LogP contribution in [0.1, 0.15) is 61.9 Å². The Labute approximate surface area is 224 Å². The molecule has 1 saturated carbocycles. The van der Waals surface area contributed by atoms with Crippen LogP contribution in [-0.4, -0.2) is 54.1 Å². The minimum absolute atomic E-state index is 0.0786. The number of amides is 2. The molecule has 1 aromatic carbocycles. The number of urea groups is 1. The molecule has 1 fully saturated rings. The molecule has 0 atom stereocenters. The Bertz CT molecular complexity index is 1140. The van der Waals surface area contributed by atoms with Crippen molar-refractivity contribution in [1.29, 1.82) is 0 Å². The van der Waals surface area contributed by atoms with E-state index in [4.69, 9.17) is 0 Å². The number of hydrogen-bond donors (Lipinski definition) is 2. The molecule has 2 amide bonds. The highest BCUT2D eigenvalue weighted by Gasteiger charge is 2.40. The van der Waals surface area contributed by atoms with Crippen LogP contribution in [0.3, 0.4) is 0 Å². The lowest BCUT2D eigenvalue weighted by Crippen LogP contribution is -2.51. The molecule has 1 aliphatic carbocycles. The average molecular weight is 561 g/mol. The Morgan fingerprint density at radius 3 is 1.79 bits per heavy atom. The van der Waals surface area contributed by atoms with Gasteiger partial charge < -0.3 is 20.4 Å². The summed E-state index contributed by atoms with van der Waals surface area (Å²) in [5.74, 6) is 1.30. The molecule has 0 unspecified atom stereocenters. The number of nitrogens with one attached hydrogen (secondary N) is 2. The van der Waals surface area contributed by atoms with Gasteiger partial charge in [-0.1, -0.05) is 0 Å². The van der Waals surface area contributed by atoms with Crippen molar-refractivity contribution in [3.05, 3.63) is 46.6 Å². The maximum Gasteiger partial charge on any atom is 0.416 e. The topological polar surface area (TPSA) is 73.4 Å². The predicted octanol–water partition coefficient (Wildman–Crippen LogP) is 6.19. The first-order valence-corrected chi connectivity index (χ1v) is 12.5. The molecule has 216 valence electrons. The minimum Gasteiger partial charge on any atom is -0.363 e. The van der Waals surface area contributed by atoms with Crippen molar-refractivity contribution in [3.63, 3.8) is 0 Å². The highest BCUT2D eigenvalue weighted by atomic mass is 19.4. The number of aromatic nitrogens is 2. The molecule has 0 radical (unpaired) electrons. The fraction of sp³-hybridized carbons (Fsp3) is 0.577. The Hall–Kier alpha value is -3.25. The van der Waals surface area contributed by atoms with Gasteiger partial charge in [0.05, 0.1) is 16.7 Å². The monoisotopic (exact) mass is 560 g/mol. The third-order valence-electron chi connectivity index (χ3n) is 7.12. The SMILES string of the molecule is Cc1cc(N(C)C)nc(NC2CCC(NC(=O)N(C)C(C)(C)c3cc(C(F)(F)F)cc(C(F)(F)F)c3)CC2)n1. The summed E-state index contributed by atoms with van der Waals surface area (Å²) in [6.07, 6.45) is -7.25. The molecule has 1 heterocycles. The molecular formula is C26H34F6N6O. The smallest absolute Gasteiger partial charge is 0.363 e. The molecule has 1 aliphatic rings. The van der Waals surface area contributed by atoms with Crippen molar-refractivity contribution in [2.24, 2.45) is 0 Å². The first kappa shape index (κ1) is 30.3. The van der Waals surface area contributed by atoms with Gasteiger partial charge in [-0.15, -0.1) is 0 Å². The highest BCUT2D eigenvalue weighted by molar-refractivity contribution is 5.75. The van der Waals surface area contributed by atoms with E-state index in [9.17, 15) is 31.1 Å². The summed E-state index contributed by atoms with van der Waals surface area (Å²) in [6, 6.07) is 2.58. The fourth-order valence-corrected chi connectivity index (χ4v) is 4.44. The van der Waals surface area contributed by atoms with Crippen LogP contribution in [0.5, 0.6) is 0 Å². The second kappa shape index (κ2) is 11.1. The molecular weight excluding hydrogens is 526 g/mol. The quantitative estimate of drug-likeness (QED) is 0.413. The number of halogens is 6. The Morgan fingerprint density at radius 1 is 0.821 bits per heavy atom. The van der Waals surface area contributed by atoms with Crippen LogP contribution in [0, 0.1) is 6.92 Å². The van der Waals surface area contributed by atoms with E-state index >= 15 is 0 Å². The van der Waals surface area contributed by atoms with Crippen molar-refractivity contribution in [2.45, 2.75) is 76.4 Å². The fourth-order valence-electron chi connectivity index (χ4n) is 4.44. The summed E-state index contributed by atoms with van der Waals surface area (Å²) in [6.45, 7) is 4.70. The third-order valence-corrected chi connectivity index (χ3v) is 7.12. The molecule has 39 heavy (non-hydrogen) atoms. The van der Waals surface area contributed by atoms with Crippen LogP contribution >= 0.6 is 0 Å². The molecule has 3 rings (SSSR count). The lowest BCUT2D eigenvalue weighted by molar-refractivity contribution is -0.143. The van der Waals surface area contributed by atoms with Gasteiger partial charge in [0.1, 0.15) is 5.82 Å². The van der Waals surface area contributed by atoms with Gasteiger partial charge in [-0.3, -0.25) is 0 Å². The molecule has 7 nitrogen and oxygen atoms in total. The number of rotatable bonds is 6. The van der Waals surface area contributed by atoms with Crippen molar-refractivity contribution >= 4 is 17.8 Å². The van der Waals surface area contributed by atoms with E-state index in [2.05, 4.69) is 20.6 Å². The number of carbonyl (C=O) groups excluding carboxylic acids is 1. The van der Waals surface area contributed by atoms with Crippen LogP contribution in [0.2, 0.25) is 0 Å². The van der Waals surface area contributed by atoms with Crippen molar-refractivity contribution in [1.82, 2.24) is 20.2 Å². The van der Waals surface area contributed by atoms with E-state index in [-0.39, 0.29) is 23.7 Å². The van der Waals surface area contributed by atoms with Gasteiger partial charge in [0.25, 0.3) is 0 Å². The lowest BCUT2D eigenvalue weighted by atomic mass is 9.89. The summed E-state index contributed by atoms with van der Waals surface area (Å²) in [7, 11) is 5.13. The Balaban J connectivity index is 1.66. The van der Waals surface area contributed by atoms with E-state index < -0.39 is 35.0 Å². The van der Waals surface area contributed by atoms with E-state index in [1.54, 1.807) is 0 Å². The molecule has 0 saturated heterocycles. The second-order valence-corrected chi connectivity index (χ2v) is 10.6. The summed E-state index contributed by atoms with van der Waals surface area (Å²) in [5.41, 5.74) is -3.75. The molecule has 0 bridgehead atoms. The summed E-state index contributed by atoms with van der Waals surface area (Å²) < 4.78 is 80.2. The Morgan fingerprint density at radius 2 is 1.31 bits per heavy atom. The highest BCUT2D eigenvalue weighted by Crippen LogP contribution is 2.39. The zero-order valence-corrected chi connectivity index (χ0v) is 22.8. The zero-order valence-electron chi connectivity index (χ0n) is 22.8. The van der Waals surface area contributed by atoms with Gasteiger partial charge in [-0.25, -0.2) is 9.78 Å². The number of benzene rings is 1. The second-order valence-electron chi connectivity index (χ2n) is 10.6.